The van der Waals surface area contributed by atoms with Crippen molar-refractivity contribution in [3.63, 3.8) is 0 Å². The van der Waals surface area contributed by atoms with Crippen molar-refractivity contribution in [2.45, 2.75) is 13.8 Å². The standard InChI is InChI=1S/C42H31N3/c1-30-8-12-32(13-9-30)14-16-34-24-36(28-43)42-27-35(25-37(29-44)41(42)26-34)17-15-33-18-22-40(23-19-33)45(38-6-4-3-5-7-38)39-20-10-31(2)11-21-39/h3-27H,1-2H3/b16-14-,17-15-. The van der Waals surface area contributed by atoms with Crippen LogP contribution in [-0.4, -0.2) is 0 Å². The molecule has 0 unspecified atom stereocenters. The fourth-order valence-corrected chi connectivity index (χ4v) is 5.40. The topological polar surface area (TPSA) is 50.8 Å². The second-order valence-electron chi connectivity index (χ2n) is 11.1. The van der Waals surface area contributed by atoms with Gasteiger partial charge in [-0.05, 0) is 96.8 Å². The van der Waals surface area contributed by atoms with Gasteiger partial charge in [0.05, 0.1) is 23.3 Å². The van der Waals surface area contributed by atoms with Crippen LogP contribution in [0.25, 0.3) is 35.1 Å². The van der Waals surface area contributed by atoms with E-state index in [1.807, 2.05) is 66.8 Å². The van der Waals surface area contributed by atoms with E-state index in [0.29, 0.717) is 11.1 Å². The molecule has 0 saturated heterocycles. The van der Waals surface area contributed by atoms with Crippen LogP contribution in [-0.2, 0) is 0 Å². The molecule has 6 aromatic carbocycles. The van der Waals surface area contributed by atoms with Gasteiger partial charge in [-0.3, -0.25) is 0 Å². The summed E-state index contributed by atoms with van der Waals surface area (Å²) in [7, 11) is 0. The summed E-state index contributed by atoms with van der Waals surface area (Å²) in [6.07, 6.45) is 8.05. The molecule has 0 bridgehead atoms. The molecule has 45 heavy (non-hydrogen) atoms. The van der Waals surface area contributed by atoms with E-state index in [1.165, 1.54) is 11.1 Å². The number of rotatable bonds is 7. The lowest BCUT2D eigenvalue weighted by molar-refractivity contribution is 1.27. The minimum absolute atomic E-state index is 0.543. The van der Waals surface area contributed by atoms with E-state index in [0.717, 1.165) is 50.1 Å². The predicted molar refractivity (Wildman–Crippen MR) is 188 cm³/mol. The number of aryl methyl sites for hydroxylation is 2. The molecule has 0 aromatic heterocycles. The smallest absolute Gasteiger partial charge is 0.0998 e. The number of para-hydroxylation sites is 1. The summed E-state index contributed by atoms with van der Waals surface area (Å²) in [6.45, 7) is 4.15. The quantitative estimate of drug-likeness (QED) is 0.177. The number of anilines is 3. The third-order valence-electron chi connectivity index (χ3n) is 7.83. The minimum Gasteiger partial charge on any atom is -0.311 e. The number of benzene rings is 6. The zero-order valence-electron chi connectivity index (χ0n) is 25.3. The highest BCUT2D eigenvalue weighted by Gasteiger charge is 2.12. The van der Waals surface area contributed by atoms with Crippen LogP contribution in [0, 0.1) is 36.5 Å². The summed E-state index contributed by atoms with van der Waals surface area (Å²) in [5.74, 6) is 0. The highest BCUT2D eigenvalue weighted by atomic mass is 15.1. The summed E-state index contributed by atoms with van der Waals surface area (Å²) >= 11 is 0. The first kappa shape index (κ1) is 28.9. The van der Waals surface area contributed by atoms with Crippen molar-refractivity contribution in [1.82, 2.24) is 0 Å². The van der Waals surface area contributed by atoms with Crippen LogP contribution in [0.1, 0.15) is 44.5 Å². The summed E-state index contributed by atoms with van der Waals surface area (Å²) < 4.78 is 0. The molecule has 0 aliphatic rings. The normalized spacial score (nSPS) is 11.1. The summed E-state index contributed by atoms with van der Waals surface area (Å²) in [6, 6.07) is 48.0. The van der Waals surface area contributed by atoms with Crippen LogP contribution in [0.5, 0.6) is 0 Å². The Kier molecular flexibility index (Phi) is 8.36. The number of nitrogens with zero attached hydrogens (tertiary/aromatic N) is 3. The molecule has 0 atom stereocenters. The Hall–Kier alpha value is -6.16. The maximum atomic E-state index is 10.0. The maximum absolute atomic E-state index is 10.0. The molecule has 3 heteroatoms. The van der Waals surface area contributed by atoms with Gasteiger partial charge in [-0.25, -0.2) is 0 Å². The van der Waals surface area contributed by atoms with Crippen molar-refractivity contribution >= 4 is 52.1 Å². The van der Waals surface area contributed by atoms with Gasteiger partial charge in [0.1, 0.15) is 0 Å². The molecule has 0 amide bonds. The lowest BCUT2D eigenvalue weighted by atomic mass is 9.95. The molecule has 214 valence electrons. The molecule has 0 spiro atoms. The SMILES string of the molecule is Cc1ccc(/C=C\c2cc(C#N)c3cc(/C=C\c4ccc(N(c5ccccc5)c5ccc(C)cc5)cc4)cc(C#N)c3c2)cc1. The Morgan fingerprint density at radius 2 is 0.822 bits per heavy atom. The van der Waals surface area contributed by atoms with Crippen LogP contribution >= 0.6 is 0 Å². The van der Waals surface area contributed by atoms with Gasteiger partial charge in [0, 0.05) is 27.8 Å². The monoisotopic (exact) mass is 577 g/mol. The molecule has 0 aliphatic carbocycles. The zero-order chi connectivity index (χ0) is 31.2. The molecule has 3 nitrogen and oxygen atoms in total. The molecule has 0 radical (unpaired) electrons. The lowest BCUT2D eigenvalue weighted by Gasteiger charge is -2.25. The highest BCUT2D eigenvalue weighted by molar-refractivity contribution is 5.96. The van der Waals surface area contributed by atoms with E-state index in [9.17, 15) is 10.5 Å². The van der Waals surface area contributed by atoms with E-state index in [1.54, 1.807) is 0 Å². The van der Waals surface area contributed by atoms with E-state index >= 15 is 0 Å². The van der Waals surface area contributed by atoms with Gasteiger partial charge in [0.15, 0.2) is 0 Å². The predicted octanol–water partition coefficient (Wildman–Crippen LogP) is 11.0. The fraction of sp³-hybridized carbons (Fsp3) is 0.0476. The van der Waals surface area contributed by atoms with E-state index < -0.39 is 0 Å². The molecule has 0 saturated carbocycles. The van der Waals surface area contributed by atoms with Crippen LogP contribution in [0.4, 0.5) is 17.1 Å². The van der Waals surface area contributed by atoms with E-state index in [4.69, 9.17) is 0 Å². The summed E-state index contributed by atoms with van der Waals surface area (Å²) in [4.78, 5) is 2.24. The van der Waals surface area contributed by atoms with Crippen molar-refractivity contribution in [1.29, 1.82) is 10.5 Å². The van der Waals surface area contributed by atoms with Gasteiger partial charge in [0.25, 0.3) is 0 Å². The second kappa shape index (κ2) is 13.0. The van der Waals surface area contributed by atoms with Crippen LogP contribution < -0.4 is 4.90 Å². The average Bonchev–Trinajstić information content (AvgIpc) is 3.08. The van der Waals surface area contributed by atoms with Crippen molar-refractivity contribution < 1.29 is 0 Å². The van der Waals surface area contributed by atoms with Crippen molar-refractivity contribution in [2.75, 3.05) is 4.90 Å². The van der Waals surface area contributed by atoms with E-state index in [2.05, 4.69) is 116 Å². The Bertz CT molecular complexity index is 2110. The molecule has 6 rings (SSSR count). The first-order chi connectivity index (χ1) is 22.0. The third kappa shape index (κ3) is 6.60. The largest absolute Gasteiger partial charge is 0.311 e. The average molecular weight is 578 g/mol. The van der Waals surface area contributed by atoms with Crippen molar-refractivity contribution in [3.05, 3.63) is 172 Å². The molecule has 0 aliphatic heterocycles. The molecular weight excluding hydrogens is 546 g/mol. The molecular formula is C42H31N3. The second-order valence-corrected chi connectivity index (χ2v) is 11.1. The van der Waals surface area contributed by atoms with Gasteiger partial charge in [-0.2, -0.15) is 10.5 Å². The van der Waals surface area contributed by atoms with Gasteiger partial charge in [-0.1, -0.05) is 102 Å². The first-order valence-corrected chi connectivity index (χ1v) is 14.9. The van der Waals surface area contributed by atoms with E-state index in [-0.39, 0.29) is 0 Å². The number of hydrogen-bond donors (Lipinski definition) is 0. The Morgan fingerprint density at radius 3 is 1.29 bits per heavy atom. The summed E-state index contributed by atoms with van der Waals surface area (Å²) in [5.41, 5.74) is 10.6. The highest BCUT2D eigenvalue weighted by Crippen LogP contribution is 2.35. The Balaban J connectivity index is 1.29. The zero-order valence-corrected chi connectivity index (χ0v) is 25.3. The minimum atomic E-state index is 0.543. The number of hydrogen-bond acceptors (Lipinski definition) is 3. The first-order valence-electron chi connectivity index (χ1n) is 14.9. The maximum Gasteiger partial charge on any atom is 0.0998 e. The van der Waals surface area contributed by atoms with Crippen molar-refractivity contribution in [2.24, 2.45) is 0 Å². The lowest BCUT2D eigenvalue weighted by Crippen LogP contribution is -2.09. The third-order valence-corrected chi connectivity index (χ3v) is 7.83. The van der Waals surface area contributed by atoms with Crippen LogP contribution in [0.2, 0.25) is 0 Å². The summed E-state index contributed by atoms with van der Waals surface area (Å²) in [5, 5.41) is 21.6. The van der Waals surface area contributed by atoms with Gasteiger partial charge in [0.2, 0.25) is 0 Å². The molecule has 6 aromatic rings. The Morgan fingerprint density at radius 1 is 0.444 bits per heavy atom. The van der Waals surface area contributed by atoms with Crippen LogP contribution in [0.3, 0.4) is 0 Å². The molecule has 0 heterocycles. The Labute approximate surface area is 264 Å². The van der Waals surface area contributed by atoms with Crippen LogP contribution in [0.15, 0.2) is 127 Å². The molecule has 0 N–H and O–H groups in total. The van der Waals surface area contributed by atoms with Crippen molar-refractivity contribution in [3.8, 4) is 12.1 Å². The number of nitriles is 2. The fourth-order valence-electron chi connectivity index (χ4n) is 5.40. The number of fused-ring (bicyclic) bond motifs is 1. The van der Waals surface area contributed by atoms with Gasteiger partial charge in [-0.15, -0.1) is 0 Å². The molecule has 0 fully saturated rings. The van der Waals surface area contributed by atoms with Gasteiger partial charge < -0.3 is 4.90 Å². The van der Waals surface area contributed by atoms with Gasteiger partial charge >= 0.3 is 0 Å².